The molecule has 11 nitrogen and oxygen atoms in total. The number of aromatic nitrogens is 6. The van der Waals surface area contributed by atoms with Gasteiger partial charge in [0.1, 0.15) is 6.33 Å². The molecule has 222 valence electrons. The topological polar surface area (TPSA) is 137 Å². The zero-order valence-corrected chi connectivity index (χ0v) is 24.3. The molecule has 0 atom stereocenters. The summed E-state index contributed by atoms with van der Waals surface area (Å²) in [4.78, 5) is 45.2. The van der Waals surface area contributed by atoms with E-state index in [0.29, 0.717) is 62.3 Å². The molecule has 3 aromatic heterocycles. The lowest BCUT2D eigenvalue weighted by Crippen LogP contribution is -2.35. The fraction of sp³-hybridized carbons (Fsp3) is 0.375. The molecule has 3 heterocycles. The van der Waals surface area contributed by atoms with Crippen LogP contribution in [0.5, 0.6) is 0 Å². The maximum atomic E-state index is 14.2. The number of nitrogens with one attached hydrogen (secondary N) is 1. The molecule has 1 aliphatic rings. The molecule has 6 rings (SSSR count). The molecule has 1 aliphatic carbocycles. The van der Waals surface area contributed by atoms with Crippen LogP contribution in [0.2, 0.25) is 0 Å². The largest absolute Gasteiger partial charge is 0.466 e. The van der Waals surface area contributed by atoms with E-state index in [1.54, 1.807) is 4.57 Å². The molecule has 0 saturated heterocycles. The zero-order valence-electron chi connectivity index (χ0n) is 24.3. The van der Waals surface area contributed by atoms with E-state index in [-0.39, 0.29) is 23.5 Å². The Hall–Kier alpha value is -4.80. The molecule has 1 fully saturated rings. The van der Waals surface area contributed by atoms with Gasteiger partial charge in [0.2, 0.25) is 5.78 Å². The van der Waals surface area contributed by atoms with Crippen LogP contribution in [0, 0.1) is 5.92 Å². The second-order valence-electron chi connectivity index (χ2n) is 10.9. The van der Waals surface area contributed by atoms with Gasteiger partial charge in [-0.1, -0.05) is 67.0 Å². The van der Waals surface area contributed by atoms with E-state index < -0.39 is 5.76 Å². The summed E-state index contributed by atoms with van der Waals surface area (Å²) in [5.41, 5.74) is 5.12. The first-order valence-electron chi connectivity index (χ1n) is 14.9. The fourth-order valence-electron chi connectivity index (χ4n) is 6.20. The van der Waals surface area contributed by atoms with Gasteiger partial charge in [0.25, 0.3) is 5.56 Å². The molecule has 1 saturated carbocycles. The van der Waals surface area contributed by atoms with Gasteiger partial charge in [-0.05, 0) is 55.7 Å². The van der Waals surface area contributed by atoms with Crippen molar-refractivity contribution in [3.8, 4) is 22.5 Å². The van der Waals surface area contributed by atoms with Gasteiger partial charge < -0.3 is 4.74 Å². The highest BCUT2D eigenvalue weighted by Crippen LogP contribution is 2.34. The molecule has 1 N–H and O–H groups in total. The highest BCUT2D eigenvalue weighted by molar-refractivity contribution is 5.80. The van der Waals surface area contributed by atoms with E-state index in [1.165, 1.54) is 6.33 Å². The number of hydrogen-bond acceptors (Lipinski definition) is 8. The van der Waals surface area contributed by atoms with Crippen LogP contribution < -0.4 is 11.3 Å². The van der Waals surface area contributed by atoms with E-state index in [0.717, 1.165) is 34.4 Å². The van der Waals surface area contributed by atoms with Crippen molar-refractivity contribution in [2.24, 2.45) is 5.92 Å². The average Bonchev–Trinajstić information content (AvgIpc) is 3.69. The van der Waals surface area contributed by atoms with E-state index >= 15 is 0 Å². The van der Waals surface area contributed by atoms with E-state index in [2.05, 4.69) is 27.1 Å². The van der Waals surface area contributed by atoms with Gasteiger partial charge in [-0.15, -0.1) is 0 Å². The molecule has 2 aromatic carbocycles. The van der Waals surface area contributed by atoms with Gasteiger partial charge in [-0.2, -0.15) is 10.1 Å². The van der Waals surface area contributed by atoms with Gasteiger partial charge >= 0.3 is 11.7 Å². The van der Waals surface area contributed by atoms with Gasteiger partial charge in [-0.3, -0.25) is 23.7 Å². The molecule has 0 unspecified atom stereocenters. The molecule has 0 radical (unpaired) electrons. The summed E-state index contributed by atoms with van der Waals surface area (Å²) in [6, 6.07) is 15.6. The summed E-state index contributed by atoms with van der Waals surface area (Å²) < 4.78 is 13.6. The molecule has 0 bridgehead atoms. The number of benzene rings is 2. The number of fused-ring (bicyclic) bond motifs is 1. The van der Waals surface area contributed by atoms with Gasteiger partial charge in [0, 0.05) is 23.6 Å². The SMILES string of the molecule is CCCc1c(Cc2ccc(-c3ccccc3-c3noc(=O)[nH]3)cc2)c(=O)n(C2CCC(C(=O)OCC)CC2)c2ncnn12. The third-order valence-corrected chi connectivity index (χ3v) is 8.26. The molecular weight excluding hydrogens is 548 g/mol. The second-order valence-corrected chi connectivity index (χ2v) is 10.9. The first-order chi connectivity index (χ1) is 21.0. The second kappa shape index (κ2) is 12.2. The van der Waals surface area contributed by atoms with Gasteiger partial charge in [0.05, 0.1) is 18.2 Å². The van der Waals surface area contributed by atoms with Gasteiger partial charge in [-0.25, -0.2) is 9.31 Å². The maximum Gasteiger partial charge on any atom is 0.439 e. The van der Waals surface area contributed by atoms with Crippen LogP contribution in [0.4, 0.5) is 0 Å². The van der Waals surface area contributed by atoms with Crippen molar-refractivity contribution in [2.75, 3.05) is 6.61 Å². The van der Waals surface area contributed by atoms with Crippen LogP contribution in [0.15, 0.2) is 69.0 Å². The van der Waals surface area contributed by atoms with Crippen LogP contribution in [-0.4, -0.2) is 41.9 Å². The summed E-state index contributed by atoms with van der Waals surface area (Å²) >= 11 is 0. The maximum absolute atomic E-state index is 14.2. The van der Waals surface area contributed by atoms with Crippen LogP contribution in [-0.2, 0) is 22.4 Å². The normalized spacial score (nSPS) is 16.9. The number of carbonyl (C=O) groups excluding carboxylic acids is 1. The smallest absolute Gasteiger partial charge is 0.439 e. The third-order valence-electron chi connectivity index (χ3n) is 8.26. The number of aryl methyl sites for hydroxylation is 1. The predicted molar refractivity (Wildman–Crippen MR) is 160 cm³/mol. The van der Waals surface area contributed by atoms with Crippen molar-refractivity contribution in [1.82, 2.24) is 29.3 Å². The number of ether oxygens (including phenoxy) is 1. The highest BCUT2D eigenvalue weighted by Gasteiger charge is 2.31. The van der Waals surface area contributed by atoms with Crippen LogP contribution in [0.3, 0.4) is 0 Å². The molecular formula is C32H34N6O5. The Morgan fingerprint density at radius 3 is 2.44 bits per heavy atom. The Kier molecular flexibility index (Phi) is 8.04. The summed E-state index contributed by atoms with van der Waals surface area (Å²) in [6.07, 6.45) is 6.25. The van der Waals surface area contributed by atoms with Gasteiger partial charge in [0.15, 0.2) is 5.82 Å². The lowest BCUT2D eigenvalue weighted by atomic mass is 9.86. The monoisotopic (exact) mass is 582 g/mol. The summed E-state index contributed by atoms with van der Waals surface area (Å²) in [5, 5.41) is 8.38. The minimum absolute atomic E-state index is 0.0482. The van der Waals surface area contributed by atoms with E-state index in [4.69, 9.17) is 9.26 Å². The van der Waals surface area contributed by atoms with Crippen molar-refractivity contribution in [2.45, 2.75) is 64.8 Å². The molecule has 5 aromatic rings. The van der Waals surface area contributed by atoms with Crippen molar-refractivity contribution in [3.63, 3.8) is 0 Å². The predicted octanol–water partition coefficient (Wildman–Crippen LogP) is 4.74. The first kappa shape index (κ1) is 28.3. The average molecular weight is 583 g/mol. The van der Waals surface area contributed by atoms with Crippen LogP contribution >= 0.6 is 0 Å². The lowest BCUT2D eigenvalue weighted by molar-refractivity contribution is -0.149. The highest BCUT2D eigenvalue weighted by atomic mass is 16.5. The Balaban J connectivity index is 1.33. The quantitative estimate of drug-likeness (QED) is 0.246. The van der Waals surface area contributed by atoms with Crippen LogP contribution in [0.1, 0.15) is 68.8 Å². The number of nitrogens with zero attached hydrogens (tertiary/aromatic N) is 5. The first-order valence-corrected chi connectivity index (χ1v) is 14.9. The molecule has 11 heteroatoms. The van der Waals surface area contributed by atoms with Crippen LogP contribution in [0.25, 0.3) is 28.3 Å². The minimum atomic E-state index is -0.606. The Labute approximate surface area is 247 Å². The van der Waals surface area contributed by atoms with Crippen molar-refractivity contribution < 1.29 is 14.1 Å². The number of aromatic amines is 1. The molecule has 0 spiro atoms. The van der Waals surface area contributed by atoms with Crippen molar-refractivity contribution in [1.29, 1.82) is 0 Å². The Morgan fingerprint density at radius 1 is 1.02 bits per heavy atom. The number of H-pyrrole nitrogens is 1. The lowest BCUT2D eigenvalue weighted by Gasteiger charge is -2.29. The standard InChI is InChI=1S/C32H34N6O5/c1-3-7-27-26(18-20-10-12-21(13-11-20)24-8-5-6-9-25(24)28-35-32(41)43-36-28)29(39)37(31-33-19-34-38(27)31)23-16-14-22(15-17-23)30(40)42-4-2/h5-6,8-13,19,22-23H,3-4,7,14-18H2,1-2H3,(H,35,36,41). The Bertz CT molecular complexity index is 1860. The van der Waals surface area contributed by atoms with E-state index in [1.807, 2.05) is 60.0 Å². The third kappa shape index (κ3) is 5.54. The molecule has 43 heavy (non-hydrogen) atoms. The molecule has 0 amide bonds. The number of rotatable bonds is 9. The number of carbonyl (C=O) groups is 1. The summed E-state index contributed by atoms with van der Waals surface area (Å²) in [5.74, 6) is 0.0275. The summed E-state index contributed by atoms with van der Waals surface area (Å²) in [7, 11) is 0. The zero-order chi connectivity index (χ0) is 29.9. The Morgan fingerprint density at radius 2 is 1.77 bits per heavy atom. The number of esters is 1. The van der Waals surface area contributed by atoms with Crippen molar-refractivity contribution >= 4 is 11.7 Å². The minimum Gasteiger partial charge on any atom is -0.466 e. The molecule has 0 aliphatic heterocycles. The number of hydrogen-bond donors (Lipinski definition) is 1. The van der Waals surface area contributed by atoms with E-state index in [9.17, 15) is 14.4 Å². The fourth-order valence-corrected chi connectivity index (χ4v) is 6.20. The summed E-state index contributed by atoms with van der Waals surface area (Å²) in [6.45, 7) is 4.28. The van der Waals surface area contributed by atoms with Crippen molar-refractivity contribution in [3.05, 3.63) is 92.6 Å².